The van der Waals surface area contributed by atoms with E-state index in [9.17, 15) is 9.59 Å². The molecule has 1 saturated heterocycles. The van der Waals surface area contributed by atoms with Gasteiger partial charge in [-0.25, -0.2) is 9.59 Å². The van der Waals surface area contributed by atoms with E-state index in [1.54, 1.807) is 11.0 Å². The van der Waals surface area contributed by atoms with Gasteiger partial charge in [-0.05, 0) is 58.2 Å². The Morgan fingerprint density at radius 2 is 2.04 bits per heavy atom. The van der Waals surface area contributed by atoms with Gasteiger partial charge in [0.1, 0.15) is 24.1 Å². The Morgan fingerprint density at radius 3 is 2.70 bits per heavy atom. The number of piperidine rings is 1. The number of likely N-dealkylation sites (tertiary alicyclic amines) is 1. The van der Waals surface area contributed by atoms with Gasteiger partial charge < -0.3 is 19.1 Å². The van der Waals surface area contributed by atoms with Crippen molar-refractivity contribution in [2.45, 2.75) is 64.8 Å². The predicted molar refractivity (Wildman–Crippen MR) is 98.7 cm³/mol. The summed E-state index contributed by atoms with van der Waals surface area (Å²) < 4.78 is 17.0. The van der Waals surface area contributed by atoms with Crippen LogP contribution in [0.2, 0.25) is 0 Å². The van der Waals surface area contributed by atoms with E-state index in [4.69, 9.17) is 14.2 Å². The van der Waals surface area contributed by atoms with Crippen molar-refractivity contribution in [3.63, 3.8) is 0 Å². The third-order valence-corrected chi connectivity index (χ3v) is 5.88. The molecule has 4 rings (SSSR count). The molecule has 146 valence electrons. The van der Waals surface area contributed by atoms with Crippen LogP contribution < -0.4 is 4.74 Å². The van der Waals surface area contributed by atoms with Gasteiger partial charge in [-0.1, -0.05) is 6.42 Å². The molecule has 0 unspecified atom stereocenters. The van der Waals surface area contributed by atoms with E-state index in [1.807, 2.05) is 32.9 Å². The number of nitrogens with zero attached hydrogens (tertiary/aromatic N) is 1. The topological polar surface area (TPSA) is 65.1 Å². The normalized spacial score (nSPS) is 23.4. The highest BCUT2D eigenvalue weighted by molar-refractivity contribution is 5.93. The first-order chi connectivity index (χ1) is 12.8. The fourth-order valence-corrected chi connectivity index (χ4v) is 4.21. The average molecular weight is 373 g/mol. The summed E-state index contributed by atoms with van der Waals surface area (Å²) in [5.74, 6) is 0.454. The first-order valence-electron chi connectivity index (χ1n) is 9.70. The predicted octanol–water partition coefficient (Wildman–Crippen LogP) is 3.92. The maximum atomic E-state index is 12.5. The molecule has 3 aliphatic rings. The van der Waals surface area contributed by atoms with Crippen LogP contribution in [0.25, 0.3) is 0 Å². The molecule has 1 aromatic rings. The lowest BCUT2D eigenvalue weighted by atomic mass is 9.61. The zero-order chi connectivity index (χ0) is 19.2. The Bertz CT molecular complexity index is 762. The molecule has 0 radical (unpaired) electrons. The Hall–Kier alpha value is -2.24. The van der Waals surface area contributed by atoms with Crippen LogP contribution in [-0.4, -0.2) is 41.8 Å². The van der Waals surface area contributed by atoms with Gasteiger partial charge in [-0.2, -0.15) is 0 Å². The summed E-state index contributed by atoms with van der Waals surface area (Å²) in [6.45, 7) is 7.17. The van der Waals surface area contributed by atoms with Crippen LogP contribution in [0.1, 0.15) is 62.4 Å². The Kier molecular flexibility index (Phi) is 4.32. The van der Waals surface area contributed by atoms with E-state index in [1.165, 1.54) is 6.42 Å². The second-order valence-corrected chi connectivity index (χ2v) is 8.89. The number of carbonyl (C=O) groups excluding carboxylic acids is 2. The highest BCUT2D eigenvalue weighted by Crippen LogP contribution is 2.50. The summed E-state index contributed by atoms with van der Waals surface area (Å²) >= 11 is 0. The van der Waals surface area contributed by atoms with Gasteiger partial charge in [0.15, 0.2) is 0 Å². The van der Waals surface area contributed by atoms with E-state index in [0.717, 1.165) is 30.6 Å². The van der Waals surface area contributed by atoms with Gasteiger partial charge in [0, 0.05) is 17.5 Å². The maximum Gasteiger partial charge on any atom is 0.410 e. The highest BCUT2D eigenvalue weighted by Gasteiger charge is 2.50. The minimum absolute atomic E-state index is 0.0661. The summed E-state index contributed by atoms with van der Waals surface area (Å²) in [7, 11) is 0. The van der Waals surface area contributed by atoms with Crippen LogP contribution in [0, 0.1) is 5.41 Å². The molecular weight excluding hydrogens is 346 g/mol. The van der Waals surface area contributed by atoms with Crippen LogP contribution >= 0.6 is 0 Å². The first-order valence-corrected chi connectivity index (χ1v) is 9.70. The van der Waals surface area contributed by atoms with Gasteiger partial charge in [0.25, 0.3) is 0 Å². The number of cyclic esters (lactones) is 1. The van der Waals surface area contributed by atoms with Crippen LogP contribution in [0.5, 0.6) is 5.75 Å². The minimum Gasteiger partial charge on any atom is -0.488 e. The molecule has 1 saturated carbocycles. The van der Waals surface area contributed by atoms with Crippen LogP contribution in [-0.2, 0) is 16.1 Å². The number of amides is 1. The van der Waals surface area contributed by atoms with Crippen molar-refractivity contribution in [2.75, 3.05) is 13.1 Å². The number of carbonyl (C=O) groups is 2. The van der Waals surface area contributed by atoms with E-state index in [0.29, 0.717) is 25.3 Å². The Morgan fingerprint density at radius 1 is 1.26 bits per heavy atom. The Balaban J connectivity index is 1.50. The number of fused-ring (bicyclic) bond motifs is 1. The molecule has 27 heavy (non-hydrogen) atoms. The number of hydrogen-bond donors (Lipinski definition) is 0. The maximum absolute atomic E-state index is 12.5. The lowest BCUT2D eigenvalue weighted by Crippen LogP contribution is -2.58. The highest BCUT2D eigenvalue weighted by atomic mass is 16.6. The Labute approximate surface area is 159 Å². The SMILES string of the molecule is CC(C)(C)OC(=O)N1CCC2(CCC2)[C@H](Oc2ccc3c(c2)COC3=O)C1. The van der Waals surface area contributed by atoms with Crippen molar-refractivity contribution in [1.29, 1.82) is 0 Å². The third-order valence-electron chi connectivity index (χ3n) is 5.88. The molecule has 1 amide bonds. The fourth-order valence-electron chi connectivity index (χ4n) is 4.21. The fraction of sp³-hybridized carbons (Fsp3) is 0.619. The number of hydrogen-bond acceptors (Lipinski definition) is 5. The van der Waals surface area contributed by atoms with Crippen molar-refractivity contribution in [1.82, 2.24) is 4.90 Å². The summed E-state index contributed by atoms with van der Waals surface area (Å²) in [6.07, 6.45) is 4.06. The molecule has 1 aromatic carbocycles. The van der Waals surface area contributed by atoms with Crippen molar-refractivity contribution < 1.29 is 23.8 Å². The largest absolute Gasteiger partial charge is 0.488 e. The number of ether oxygens (including phenoxy) is 3. The van der Waals surface area contributed by atoms with E-state index in [-0.39, 0.29) is 23.6 Å². The first kappa shape index (κ1) is 18.1. The number of esters is 1. The monoisotopic (exact) mass is 373 g/mol. The standard InChI is InChI=1S/C21H27NO5/c1-20(2,3)27-19(24)22-10-9-21(7-4-8-21)17(12-22)26-15-5-6-16-14(11-15)13-25-18(16)23/h5-6,11,17H,4,7-10,12-13H2,1-3H3/t17-/m1/s1. The smallest absolute Gasteiger partial charge is 0.410 e. The molecule has 1 spiro atoms. The average Bonchev–Trinajstić information content (AvgIpc) is 2.92. The van der Waals surface area contributed by atoms with E-state index in [2.05, 4.69) is 0 Å². The van der Waals surface area contributed by atoms with E-state index >= 15 is 0 Å². The third kappa shape index (κ3) is 3.49. The molecule has 6 nitrogen and oxygen atoms in total. The van der Waals surface area contributed by atoms with Crippen molar-refractivity contribution in [3.8, 4) is 5.75 Å². The van der Waals surface area contributed by atoms with Crippen molar-refractivity contribution >= 4 is 12.1 Å². The van der Waals surface area contributed by atoms with Crippen LogP contribution in [0.3, 0.4) is 0 Å². The summed E-state index contributed by atoms with van der Waals surface area (Å²) in [6, 6.07) is 5.48. The van der Waals surface area contributed by atoms with Gasteiger partial charge in [0.2, 0.25) is 0 Å². The summed E-state index contributed by atoms with van der Waals surface area (Å²) in [5, 5.41) is 0. The van der Waals surface area contributed by atoms with Crippen molar-refractivity contribution in [3.05, 3.63) is 29.3 Å². The number of rotatable bonds is 2. The van der Waals surface area contributed by atoms with Crippen LogP contribution in [0.15, 0.2) is 18.2 Å². The second-order valence-electron chi connectivity index (χ2n) is 8.89. The lowest BCUT2D eigenvalue weighted by molar-refractivity contribution is -0.0787. The zero-order valence-corrected chi connectivity index (χ0v) is 16.2. The minimum atomic E-state index is -0.508. The molecule has 1 aliphatic carbocycles. The molecule has 2 aliphatic heterocycles. The molecule has 2 fully saturated rings. The second kappa shape index (κ2) is 6.43. The molecule has 0 bridgehead atoms. The number of benzene rings is 1. The summed E-state index contributed by atoms with van der Waals surface area (Å²) in [4.78, 5) is 25.9. The van der Waals surface area contributed by atoms with Gasteiger partial charge in [0.05, 0.1) is 12.1 Å². The van der Waals surface area contributed by atoms with Gasteiger partial charge in [-0.3, -0.25) is 0 Å². The van der Waals surface area contributed by atoms with Crippen LogP contribution in [0.4, 0.5) is 4.79 Å². The molecule has 0 aromatic heterocycles. The molecular formula is C21H27NO5. The zero-order valence-electron chi connectivity index (χ0n) is 16.2. The van der Waals surface area contributed by atoms with Crippen molar-refractivity contribution in [2.24, 2.45) is 5.41 Å². The molecule has 0 N–H and O–H groups in total. The molecule has 1 atom stereocenters. The quantitative estimate of drug-likeness (QED) is 0.735. The van der Waals surface area contributed by atoms with Gasteiger partial charge >= 0.3 is 12.1 Å². The van der Waals surface area contributed by atoms with E-state index < -0.39 is 5.60 Å². The molecule has 6 heteroatoms. The van der Waals surface area contributed by atoms with Gasteiger partial charge in [-0.15, -0.1) is 0 Å². The summed E-state index contributed by atoms with van der Waals surface area (Å²) in [5.41, 5.74) is 1.11. The molecule has 2 heterocycles. The lowest BCUT2D eigenvalue weighted by Gasteiger charge is -2.52.